The van der Waals surface area contributed by atoms with E-state index in [9.17, 15) is 13.2 Å². The van der Waals surface area contributed by atoms with Gasteiger partial charge >= 0.3 is 0 Å². The van der Waals surface area contributed by atoms with Gasteiger partial charge in [-0.3, -0.25) is 4.79 Å². The van der Waals surface area contributed by atoms with Crippen molar-refractivity contribution in [2.45, 2.75) is 11.8 Å². The fourth-order valence-electron chi connectivity index (χ4n) is 2.26. The molecular weight excluding hydrogens is 368 g/mol. The van der Waals surface area contributed by atoms with Crippen molar-refractivity contribution in [3.8, 4) is 0 Å². The van der Waals surface area contributed by atoms with E-state index in [0.717, 1.165) is 17.0 Å². The first kappa shape index (κ1) is 16.9. The minimum Gasteiger partial charge on any atom is -0.397 e. The molecule has 0 fully saturated rings. The van der Waals surface area contributed by atoms with Gasteiger partial charge in [0.15, 0.2) is 15.6 Å². The predicted octanol–water partition coefficient (Wildman–Crippen LogP) is 3.50. The Hall–Kier alpha value is -1.96. The Balaban J connectivity index is 1.95. The van der Waals surface area contributed by atoms with Crippen molar-refractivity contribution in [2.24, 2.45) is 0 Å². The molecule has 0 radical (unpaired) electrons. The van der Waals surface area contributed by atoms with Crippen LogP contribution in [0.15, 0.2) is 41.3 Å². The van der Waals surface area contributed by atoms with E-state index in [0.29, 0.717) is 15.2 Å². The van der Waals surface area contributed by atoms with Crippen LogP contribution in [0.5, 0.6) is 0 Å². The Bertz CT molecular complexity index is 1040. The van der Waals surface area contributed by atoms with E-state index in [1.54, 1.807) is 12.1 Å². The van der Waals surface area contributed by atoms with Gasteiger partial charge in [0.05, 0.1) is 15.5 Å². The summed E-state index contributed by atoms with van der Waals surface area (Å²) in [6.07, 6.45) is 0. The predicted molar refractivity (Wildman–Crippen MR) is 96.6 cm³/mol. The number of aromatic nitrogens is 1. The van der Waals surface area contributed by atoms with E-state index in [1.807, 2.05) is 6.92 Å². The second-order valence-corrected chi connectivity index (χ2v) is 8.71. The minimum absolute atomic E-state index is 0.0499. The van der Waals surface area contributed by atoms with E-state index >= 15 is 0 Å². The van der Waals surface area contributed by atoms with Crippen molar-refractivity contribution in [1.29, 1.82) is 0 Å². The number of halogens is 1. The fourth-order valence-corrected chi connectivity index (χ4v) is 4.76. The van der Waals surface area contributed by atoms with Crippen LogP contribution in [0.1, 0.15) is 15.4 Å². The van der Waals surface area contributed by atoms with Gasteiger partial charge in [-0.2, -0.15) is 0 Å². The fraction of sp³-hybridized carbons (Fsp3) is 0.125. The maximum absolute atomic E-state index is 12.5. The van der Waals surface area contributed by atoms with Crippen LogP contribution < -0.4 is 5.73 Å². The number of hydrogen-bond acceptors (Lipinski definition) is 6. The molecule has 5 nitrogen and oxygen atoms in total. The number of carbonyl (C=O) groups excluding carboxylic acids is 1. The van der Waals surface area contributed by atoms with Crippen LogP contribution in [-0.4, -0.2) is 24.9 Å². The van der Waals surface area contributed by atoms with Crippen molar-refractivity contribution >= 4 is 54.5 Å². The smallest absolute Gasteiger partial charge is 0.190 e. The molecule has 124 valence electrons. The lowest BCUT2D eigenvalue weighted by Gasteiger charge is -2.04. The van der Waals surface area contributed by atoms with E-state index in [4.69, 9.17) is 17.3 Å². The molecule has 0 saturated heterocycles. The Morgan fingerprint density at radius 1 is 1.21 bits per heavy atom. The number of pyridine rings is 1. The topological polar surface area (TPSA) is 90.1 Å². The van der Waals surface area contributed by atoms with Crippen molar-refractivity contribution in [1.82, 2.24) is 4.98 Å². The summed E-state index contributed by atoms with van der Waals surface area (Å²) in [4.78, 5) is 17.7. The highest BCUT2D eigenvalue weighted by Crippen LogP contribution is 2.33. The van der Waals surface area contributed by atoms with E-state index in [-0.39, 0.29) is 15.5 Å². The van der Waals surface area contributed by atoms with Gasteiger partial charge in [-0.05, 0) is 43.3 Å². The number of thiophene rings is 1. The molecule has 0 saturated carbocycles. The molecule has 24 heavy (non-hydrogen) atoms. The second kappa shape index (κ2) is 6.16. The number of nitrogen functional groups attached to an aromatic ring is 1. The van der Waals surface area contributed by atoms with Gasteiger partial charge in [-0.25, -0.2) is 13.4 Å². The molecular formula is C16H13ClN2O3S2. The molecule has 0 bridgehead atoms. The normalized spacial score (nSPS) is 11.8. The molecule has 0 aliphatic carbocycles. The summed E-state index contributed by atoms with van der Waals surface area (Å²) in [7, 11) is -3.76. The van der Waals surface area contributed by atoms with E-state index in [1.165, 1.54) is 24.3 Å². The monoisotopic (exact) mass is 380 g/mol. The van der Waals surface area contributed by atoms with Crippen LogP contribution in [0.2, 0.25) is 5.02 Å². The number of benzene rings is 1. The summed E-state index contributed by atoms with van der Waals surface area (Å²) in [6.45, 7) is 1.84. The lowest BCUT2D eigenvalue weighted by Crippen LogP contribution is -2.16. The highest BCUT2D eigenvalue weighted by atomic mass is 35.5. The van der Waals surface area contributed by atoms with Crippen LogP contribution in [0.25, 0.3) is 10.2 Å². The Kier molecular flexibility index (Phi) is 4.33. The summed E-state index contributed by atoms with van der Waals surface area (Å²) < 4.78 is 24.8. The number of fused-ring (bicyclic) bond motifs is 1. The molecule has 8 heteroatoms. The summed E-state index contributed by atoms with van der Waals surface area (Å²) in [5, 5.41) is 1.09. The van der Waals surface area contributed by atoms with Crippen molar-refractivity contribution in [3.05, 3.63) is 52.0 Å². The number of sulfone groups is 1. The maximum Gasteiger partial charge on any atom is 0.190 e. The molecule has 3 aromatic rings. The highest BCUT2D eigenvalue weighted by molar-refractivity contribution is 7.92. The van der Waals surface area contributed by atoms with Gasteiger partial charge < -0.3 is 5.73 Å². The molecule has 3 rings (SSSR count). The van der Waals surface area contributed by atoms with E-state index < -0.39 is 21.4 Å². The SMILES string of the molecule is Cc1ccc2c(N)c(C(=O)CS(=O)(=O)c3ccc(Cl)cc3)sc2n1. The molecule has 0 amide bonds. The average Bonchev–Trinajstić information content (AvgIpc) is 2.83. The summed E-state index contributed by atoms with van der Waals surface area (Å²) >= 11 is 6.87. The molecule has 0 atom stereocenters. The largest absolute Gasteiger partial charge is 0.397 e. The lowest BCUT2D eigenvalue weighted by molar-refractivity contribution is 0.102. The summed E-state index contributed by atoms with van der Waals surface area (Å²) in [6, 6.07) is 9.28. The number of Topliss-reactive ketones (excluding diaryl/α,β-unsaturated/α-hetero) is 1. The van der Waals surface area contributed by atoms with Crippen LogP contribution in [-0.2, 0) is 9.84 Å². The lowest BCUT2D eigenvalue weighted by atomic mass is 10.2. The third-order valence-electron chi connectivity index (χ3n) is 3.48. The highest BCUT2D eigenvalue weighted by Gasteiger charge is 2.24. The van der Waals surface area contributed by atoms with Crippen molar-refractivity contribution in [3.63, 3.8) is 0 Å². The second-order valence-electron chi connectivity index (χ2n) is 5.29. The van der Waals surface area contributed by atoms with Crippen LogP contribution in [0.4, 0.5) is 5.69 Å². The first-order chi connectivity index (χ1) is 11.3. The number of rotatable bonds is 4. The van der Waals surface area contributed by atoms with Gasteiger partial charge in [-0.1, -0.05) is 11.6 Å². The Morgan fingerprint density at radius 2 is 1.88 bits per heavy atom. The first-order valence-corrected chi connectivity index (χ1v) is 9.80. The molecule has 2 N–H and O–H groups in total. The quantitative estimate of drug-likeness (QED) is 0.699. The number of nitrogens with two attached hydrogens (primary N) is 1. The van der Waals surface area contributed by atoms with Gasteiger partial charge in [0.25, 0.3) is 0 Å². The van der Waals surface area contributed by atoms with Gasteiger partial charge in [-0.15, -0.1) is 11.3 Å². The molecule has 2 heterocycles. The molecule has 2 aromatic heterocycles. The Morgan fingerprint density at radius 3 is 2.54 bits per heavy atom. The van der Waals surface area contributed by atoms with Gasteiger partial charge in [0.1, 0.15) is 10.6 Å². The van der Waals surface area contributed by atoms with Gasteiger partial charge in [0, 0.05) is 16.1 Å². The van der Waals surface area contributed by atoms with Crippen LogP contribution in [0.3, 0.4) is 0 Å². The van der Waals surface area contributed by atoms with Crippen LogP contribution >= 0.6 is 22.9 Å². The number of aryl methyl sites for hydroxylation is 1. The van der Waals surface area contributed by atoms with Crippen molar-refractivity contribution < 1.29 is 13.2 Å². The van der Waals surface area contributed by atoms with E-state index in [2.05, 4.69) is 4.98 Å². The molecule has 0 aliphatic rings. The number of carbonyl (C=O) groups is 1. The zero-order valence-electron chi connectivity index (χ0n) is 12.6. The zero-order valence-corrected chi connectivity index (χ0v) is 15.0. The first-order valence-electron chi connectivity index (χ1n) is 6.95. The third kappa shape index (κ3) is 3.15. The number of anilines is 1. The van der Waals surface area contributed by atoms with Gasteiger partial charge in [0.2, 0.25) is 0 Å². The van der Waals surface area contributed by atoms with Crippen LogP contribution in [0, 0.1) is 6.92 Å². The molecule has 1 aromatic carbocycles. The average molecular weight is 381 g/mol. The maximum atomic E-state index is 12.5. The third-order valence-corrected chi connectivity index (χ3v) is 6.52. The summed E-state index contributed by atoms with van der Waals surface area (Å²) in [5.74, 6) is -1.19. The molecule has 0 spiro atoms. The number of hydrogen-bond donors (Lipinski definition) is 1. The number of ketones is 1. The minimum atomic E-state index is -3.76. The Labute approximate surface area is 148 Å². The summed E-state index contributed by atoms with van der Waals surface area (Å²) in [5.41, 5.74) is 7.08. The zero-order chi connectivity index (χ0) is 17.5. The standard InChI is InChI=1S/C16H13ClN2O3S2/c1-9-2-7-12-14(18)15(23-16(12)19-9)13(20)8-24(21,22)11-5-3-10(17)4-6-11/h2-7H,8,18H2,1H3. The molecule has 0 unspecified atom stereocenters. The molecule has 0 aliphatic heterocycles. The number of nitrogens with zero attached hydrogens (tertiary/aromatic N) is 1. The van der Waals surface area contributed by atoms with Crippen molar-refractivity contribution in [2.75, 3.05) is 11.5 Å².